The minimum atomic E-state index is -1.17. The number of aromatic nitrogens is 1. The van der Waals surface area contributed by atoms with Crippen LogP contribution in [0.15, 0.2) is 23.0 Å². The van der Waals surface area contributed by atoms with Gasteiger partial charge in [-0.05, 0) is 43.7 Å². The zero-order valence-corrected chi connectivity index (χ0v) is 17.0. The summed E-state index contributed by atoms with van der Waals surface area (Å²) >= 11 is 6.03. The Kier molecular flexibility index (Phi) is 4.94. The number of esters is 1. The molecule has 2 aliphatic rings. The van der Waals surface area contributed by atoms with E-state index in [1.54, 1.807) is 6.07 Å². The average molecular weight is 435 g/mol. The van der Waals surface area contributed by atoms with Crippen LogP contribution in [-0.2, 0) is 22.4 Å². The first kappa shape index (κ1) is 20.6. The Morgan fingerprint density at radius 3 is 2.70 bits per heavy atom. The first-order valence-corrected chi connectivity index (χ1v) is 9.90. The van der Waals surface area contributed by atoms with Crippen LogP contribution < -0.4 is 11.3 Å². The largest absolute Gasteiger partial charge is 0.480 e. The summed E-state index contributed by atoms with van der Waals surface area (Å²) in [5, 5.41) is 9.29. The Balaban J connectivity index is 2.02. The number of carboxylic acid groups (broad SMARTS) is 1. The molecular weight excluding hydrogens is 415 g/mol. The number of nitrogens with two attached hydrogens (primary N) is 1. The number of ether oxygens (including phenoxy) is 1. The van der Waals surface area contributed by atoms with Gasteiger partial charge in [0, 0.05) is 28.4 Å². The van der Waals surface area contributed by atoms with Gasteiger partial charge in [0.25, 0.3) is 5.56 Å². The molecule has 0 bridgehead atoms. The summed E-state index contributed by atoms with van der Waals surface area (Å²) in [4.78, 5) is 37.1. The van der Waals surface area contributed by atoms with Gasteiger partial charge in [0.2, 0.25) is 0 Å². The van der Waals surface area contributed by atoms with Crippen molar-refractivity contribution in [2.45, 2.75) is 43.7 Å². The van der Waals surface area contributed by atoms with E-state index in [2.05, 4.69) is 0 Å². The second kappa shape index (κ2) is 7.21. The van der Waals surface area contributed by atoms with Crippen molar-refractivity contribution in [1.82, 2.24) is 4.57 Å². The van der Waals surface area contributed by atoms with Gasteiger partial charge < -0.3 is 15.6 Å². The number of benzene rings is 1. The van der Waals surface area contributed by atoms with Crippen LogP contribution in [0.5, 0.6) is 0 Å². The molecule has 1 saturated carbocycles. The number of hydrogen-bond acceptors (Lipinski definition) is 5. The smallest absolute Gasteiger partial charge is 0.340 e. The van der Waals surface area contributed by atoms with Gasteiger partial charge in [0.05, 0.1) is 17.7 Å². The van der Waals surface area contributed by atoms with Crippen molar-refractivity contribution in [1.29, 1.82) is 0 Å². The summed E-state index contributed by atoms with van der Waals surface area (Å²) in [6.45, 7) is 0. The average Bonchev–Trinajstić information content (AvgIpc) is 3.24. The number of halogens is 2. The molecule has 158 valence electrons. The third kappa shape index (κ3) is 3.30. The van der Waals surface area contributed by atoms with Crippen molar-refractivity contribution >= 4 is 23.5 Å². The van der Waals surface area contributed by atoms with Crippen molar-refractivity contribution in [3.8, 4) is 11.1 Å². The lowest BCUT2D eigenvalue weighted by atomic mass is 9.90. The maximum Gasteiger partial charge on any atom is 0.340 e. The van der Waals surface area contributed by atoms with Crippen LogP contribution in [0.2, 0.25) is 5.02 Å². The number of methoxy groups -OCH3 is 1. The highest BCUT2D eigenvalue weighted by Crippen LogP contribution is 2.42. The van der Waals surface area contributed by atoms with Crippen LogP contribution >= 0.6 is 11.6 Å². The predicted octanol–water partition coefficient (Wildman–Crippen LogP) is 2.70. The molecule has 1 fully saturated rings. The summed E-state index contributed by atoms with van der Waals surface area (Å²) in [5.74, 6) is -2.72. The Morgan fingerprint density at radius 1 is 1.40 bits per heavy atom. The Bertz CT molecular complexity index is 1140. The van der Waals surface area contributed by atoms with E-state index in [1.807, 2.05) is 0 Å². The van der Waals surface area contributed by atoms with Crippen molar-refractivity contribution in [2.75, 3.05) is 7.11 Å². The fourth-order valence-corrected chi connectivity index (χ4v) is 4.33. The van der Waals surface area contributed by atoms with E-state index >= 15 is 4.39 Å². The Labute approximate surface area is 176 Å². The molecule has 0 spiro atoms. The fourth-order valence-electron chi connectivity index (χ4n) is 4.17. The molecule has 1 unspecified atom stereocenters. The SMILES string of the molecule is COC(=O)c1c(-c2c(CC3(N)CC3)ccc(Cl)c2F)cc(=O)n2c1CCC2C(=O)O. The second-order valence-electron chi connectivity index (χ2n) is 7.91. The molecule has 2 heterocycles. The fraction of sp³-hybridized carbons (Fsp3) is 0.381. The van der Waals surface area contributed by atoms with Gasteiger partial charge in [-0.3, -0.25) is 9.36 Å². The van der Waals surface area contributed by atoms with E-state index in [1.165, 1.54) is 13.2 Å². The van der Waals surface area contributed by atoms with Gasteiger partial charge >= 0.3 is 11.9 Å². The maximum absolute atomic E-state index is 15.3. The van der Waals surface area contributed by atoms with Crippen LogP contribution in [0.1, 0.15) is 46.9 Å². The first-order valence-electron chi connectivity index (χ1n) is 9.52. The monoisotopic (exact) mass is 434 g/mol. The number of hydrogen-bond donors (Lipinski definition) is 2. The first-order chi connectivity index (χ1) is 14.2. The van der Waals surface area contributed by atoms with Crippen LogP contribution in [-0.4, -0.2) is 34.3 Å². The molecule has 2 aromatic rings. The molecule has 1 aromatic carbocycles. The van der Waals surface area contributed by atoms with Crippen LogP contribution in [0.25, 0.3) is 11.1 Å². The van der Waals surface area contributed by atoms with E-state index in [-0.39, 0.29) is 40.2 Å². The van der Waals surface area contributed by atoms with E-state index in [4.69, 9.17) is 22.1 Å². The minimum absolute atomic E-state index is 0.0230. The third-order valence-electron chi connectivity index (χ3n) is 5.88. The predicted molar refractivity (Wildman–Crippen MR) is 107 cm³/mol. The molecule has 4 rings (SSSR count). The van der Waals surface area contributed by atoms with Crippen molar-refractivity contribution < 1.29 is 23.8 Å². The van der Waals surface area contributed by atoms with Crippen molar-refractivity contribution in [2.24, 2.45) is 5.73 Å². The third-order valence-corrected chi connectivity index (χ3v) is 6.17. The molecule has 0 radical (unpaired) electrons. The molecule has 1 aliphatic heterocycles. The number of pyridine rings is 1. The lowest BCUT2D eigenvalue weighted by Gasteiger charge is -2.20. The summed E-state index contributed by atoms with van der Waals surface area (Å²) in [6.07, 6.45) is 2.24. The van der Waals surface area contributed by atoms with E-state index in [9.17, 15) is 19.5 Å². The van der Waals surface area contributed by atoms with E-state index in [0.29, 0.717) is 12.0 Å². The van der Waals surface area contributed by atoms with E-state index in [0.717, 1.165) is 23.5 Å². The second-order valence-corrected chi connectivity index (χ2v) is 8.31. The summed E-state index contributed by atoms with van der Waals surface area (Å²) in [7, 11) is 1.17. The number of carboxylic acids is 1. The number of carbonyl (C=O) groups excluding carboxylic acids is 1. The number of fused-ring (bicyclic) bond motifs is 1. The summed E-state index contributed by atoms with van der Waals surface area (Å²) < 4.78 is 21.2. The van der Waals surface area contributed by atoms with Crippen LogP contribution in [0.4, 0.5) is 4.39 Å². The number of carbonyl (C=O) groups is 2. The van der Waals surface area contributed by atoms with Gasteiger partial charge in [-0.2, -0.15) is 0 Å². The zero-order valence-electron chi connectivity index (χ0n) is 16.2. The molecule has 0 amide bonds. The van der Waals surface area contributed by atoms with Crippen molar-refractivity contribution in [3.05, 3.63) is 56.2 Å². The van der Waals surface area contributed by atoms with Crippen molar-refractivity contribution in [3.63, 3.8) is 0 Å². The van der Waals surface area contributed by atoms with Gasteiger partial charge in [-0.1, -0.05) is 17.7 Å². The number of rotatable bonds is 5. The zero-order chi connectivity index (χ0) is 21.8. The highest BCUT2D eigenvalue weighted by Gasteiger charge is 2.40. The molecule has 0 saturated heterocycles. The number of aliphatic carboxylic acids is 1. The normalized spacial score (nSPS) is 18.7. The van der Waals surface area contributed by atoms with E-state index < -0.39 is 34.9 Å². The summed E-state index contributed by atoms with van der Waals surface area (Å²) in [5.41, 5.74) is 5.94. The maximum atomic E-state index is 15.3. The molecule has 30 heavy (non-hydrogen) atoms. The molecular formula is C21H20ClFN2O5. The number of nitrogens with zero attached hydrogens (tertiary/aromatic N) is 1. The van der Waals surface area contributed by atoms with Gasteiger partial charge in [-0.15, -0.1) is 0 Å². The van der Waals surface area contributed by atoms with Gasteiger partial charge in [0.1, 0.15) is 11.9 Å². The molecule has 1 aliphatic carbocycles. The molecule has 7 nitrogen and oxygen atoms in total. The molecule has 3 N–H and O–H groups in total. The Hall–Kier alpha value is -2.71. The minimum Gasteiger partial charge on any atom is -0.480 e. The standard InChI is InChI=1S/C21H20ClFN2O5/c1-30-20(29)17-11(8-15(26)25-13(17)4-5-14(25)19(27)28)16-10(9-21(24)6-7-21)2-3-12(22)18(16)23/h2-3,8,14H,4-7,9,24H2,1H3,(H,27,28). The lowest BCUT2D eigenvalue weighted by molar-refractivity contribution is -0.140. The van der Waals surface area contributed by atoms with Crippen LogP contribution in [0, 0.1) is 5.82 Å². The van der Waals surface area contributed by atoms with Gasteiger partial charge in [0.15, 0.2) is 0 Å². The molecule has 9 heteroatoms. The molecule has 1 aromatic heterocycles. The van der Waals surface area contributed by atoms with Crippen LogP contribution in [0.3, 0.4) is 0 Å². The highest BCUT2D eigenvalue weighted by molar-refractivity contribution is 6.31. The lowest BCUT2D eigenvalue weighted by Crippen LogP contribution is -2.29. The Morgan fingerprint density at radius 2 is 2.10 bits per heavy atom. The highest BCUT2D eigenvalue weighted by atomic mass is 35.5. The topological polar surface area (TPSA) is 112 Å². The quantitative estimate of drug-likeness (QED) is 0.700. The summed E-state index contributed by atoms with van der Waals surface area (Å²) in [6, 6.07) is 3.05. The van der Waals surface area contributed by atoms with Gasteiger partial charge in [-0.25, -0.2) is 14.0 Å². The molecule has 1 atom stereocenters.